The van der Waals surface area contributed by atoms with Crippen molar-refractivity contribution in [2.24, 2.45) is 0 Å². The lowest BCUT2D eigenvalue weighted by Crippen LogP contribution is -2.37. The van der Waals surface area contributed by atoms with E-state index < -0.39 is 6.10 Å². The fraction of sp³-hybridized carbons (Fsp3) is 0.391. The molecule has 2 N–H and O–H groups in total. The van der Waals surface area contributed by atoms with E-state index in [0.29, 0.717) is 22.7 Å². The smallest absolute Gasteiger partial charge is 0.265 e. The second-order valence-corrected chi connectivity index (χ2v) is 7.28. The van der Waals surface area contributed by atoms with Crippen molar-refractivity contribution in [1.29, 1.82) is 0 Å². The van der Waals surface area contributed by atoms with Crippen molar-refractivity contribution in [3.63, 3.8) is 0 Å². The average molecular weight is 396 g/mol. The molecule has 6 nitrogen and oxygen atoms in total. The Bertz CT molecular complexity index is 829. The molecule has 3 rings (SSSR count). The minimum Gasteiger partial charge on any atom is -0.497 e. The summed E-state index contributed by atoms with van der Waals surface area (Å²) < 4.78 is 10.8. The predicted molar refractivity (Wildman–Crippen MR) is 112 cm³/mol. The van der Waals surface area contributed by atoms with E-state index >= 15 is 0 Å². The molecule has 0 bridgehead atoms. The second kappa shape index (κ2) is 9.96. The van der Waals surface area contributed by atoms with Gasteiger partial charge in [0.2, 0.25) is 0 Å². The molecule has 1 saturated carbocycles. The summed E-state index contributed by atoms with van der Waals surface area (Å²) in [4.78, 5) is 25.3. The number of ether oxygens (including phenoxy) is 2. The normalized spacial score (nSPS) is 15.2. The van der Waals surface area contributed by atoms with Crippen LogP contribution in [0.1, 0.15) is 49.4 Å². The molecule has 0 aliphatic heterocycles. The molecule has 1 aliphatic rings. The first kappa shape index (κ1) is 20.7. The maximum absolute atomic E-state index is 12.7. The minimum atomic E-state index is -0.724. The molecule has 29 heavy (non-hydrogen) atoms. The SMILES string of the molecule is COc1ccc(OC(C)C(=O)Nc2ccccc2C(=O)NC2CCCCC2)cc1. The van der Waals surface area contributed by atoms with E-state index in [9.17, 15) is 9.59 Å². The van der Waals surface area contributed by atoms with Crippen molar-refractivity contribution in [2.45, 2.75) is 51.2 Å². The van der Waals surface area contributed by atoms with E-state index in [1.807, 2.05) is 0 Å². The standard InChI is InChI=1S/C23H28N2O4/c1-16(29-19-14-12-18(28-2)13-15-19)22(26)25-21-11-7-6-10-20(21)23(27)24-17-8-4-3-5-9-17/h6-7,10-17H,3-5,8-9H2,1-2H3,(H,24,27)(H,25,26). The Morgan fingerprint density at radius 1 is 0.966 bits per heavy atom. The molecule has 1 unspecified atom stereocenters. The number of hydrogen-bond acceptors (Lipinski definition) is 4. The van der Waals surface area contributed by atoms with E-state index in [4.69, 9.17) is 9.47 Å². The maximum Gasteiger partial charge on any atom is 0.265 e. The number of benzene rings is 2. The summed E-state index contributed by atoms with van der Waals surface area (Å²) in [6, 6.07) is 14.3. The van der Waals surface area contributed by atoms with Crippen LogP contribution in [0.15, 0.2) is 48.5 Å². The Morgan fingerprint density at radius 3 is 2.31 bits per heavy atom. The maximum atomic E-state index is 12.7. The molecule has 154 valence electrons. The topological polar surface area (TPSA) is 76.7 Å². The van der Waals surface area contributed by atoms with Crippen molar-refractivity contribution >= 4 is 17.5 Å². The number of para-hydroxylation sites is 1. The van der Waals surface area contributed by atoms with Crippen LogP contribution < -0.4 is 20.1 Å². The van der Waals surface area contributed by atoms with Crippen LogP contribution in [0.4, 0.5) is 5.69 Å². The quantitative estimate of drug-likeness (QED) is 0.737. The fourth-order valence-electron chi connectivity index (χ4n) is 3.45. The summed E-state index contributed by atoms with van der Waals surface area (Å²) in [6.45, 7) is 1.67. The van der Waals surface area contributed by atoms with Gasteiger partial charge in [-0.15, -0.1) is 0 Å². The van der Waals surface area contributed by atoms with E-state index in [0.717, 1.165) is 25.7 Å². The van der Waals surface area contributed by atoms with Gasteiger partial charge in [0.25, 0.3) is 11.8 Å². The zero-order valence-corrected chi connectivity index (χ0v) is 16.9. The lowest BCUT2D eigenvalue weighted by molar-refractivity contribution is -0.122. The Hall–Kier alpha value is -3.02. The molecule has 2 aromatic rings. The number of anilines is 1. The Kier molecular flexibility index (Phi) is 7.11. The lowest BCUT2D eigenvalue weighted by Gasteiger charge is -2.23. The van der Waals surface area contributed by atoms with Crippen LogP contribution in [-0.4, -0.2) is 31.1 Å². The van der Waals surface area contributed by atoms with Crippen molar-refractivity contribution in [2.75, 3.05) is 12.4 Å². The first-order valence-corrected chi connectivity index (χ1v) is 10.1. The van der Waals surface area contributed by atoms with Crippen LogP contribution in [0, 0.1) is 0 Å². The van der Waals surface area contributed by atoms with Crippen LogP contribution in [0.3, 0.4) is 0 Å². The van der Waals surface area contributed by atoms with Gasteiger partial charge in [-0.25, -0.2) is 0 Å². The van der Waals surface area contributed by atoms with E-state index in [1.54, 1.807) is 62.6 Å². The second-order valence-electron chi connectivity index (χ2n) is 7.28. The highest BCUT2D eigenvalue weighted by Gasteiger charge is 2.21. The number of carbonyl (C=O) groups is 2. The van der Waals surface area contributed by atoms with Gasteiger partial charge in [0.05, 0.1) is 18.4 Å². The van der Waals surface area contributed by atoms with Crippen LogP contribution in [-0.2, 0) is 4.79 Å². The molecule has 2 aromatic carbocycles. The molecule has 1 fully saturated rings. The van der Waals surface area contributed by atoms with Crippen molar-refractivity contribution < 1.29 is 19.1 Å². The fourth-order valence-corrected chi connectivity index (χ4v) is 3.45. The molecule has 0 aromatic heterocycles. The summed E-state index contributed by atoms with van der Waals surface area (Å²) >= 11 is 0. The minimum absolute atomic E-state index is 0.156. The highest BCUT2D eigenvalue weighted by molar-refractivity contribution is 6.04. The number of rotatable bonds is 7. The van der Waals surface area contributed by atoms with Gasteiger partial charge >= 0.3 is 0 Å². The first-order valence-electron chi connectivity index (χ1n) is 10.1. The van der Waals surface area contributed by atoms with Gasteiger partial charge in [0.15, 0.2) is 6.10 Å². The number of methoxy groups -OCH3 is 1. The predicted octanol–water partition coefficient (Wildman–Crippen LogP) is 4.16. The van der Waals surface area contributed by atoms with E-state index in [-0.39, 0.29) is 17.9 Å². The van der Waals surface area contributed by atoms with Gasteiger partial charge < -0.3 is 20.1 Å². The highest BCUT2D eigenvalue weighted by Crippen LogP contribution is 2.21. The third-order valence-corrected chi connectivity index (χ3v) is 5.11. The van der Waals surface area contributed by atoms with Crippen LogP contribution >= 0.6 is 0 Å². The van der Waals surface area contributed by atoms with Crippen LogP contribution in [0.5, 0.6) is 11.5 Å². The molecule has 6 heteroatoms. The Labute approximate surface area is 171 Å². The third kappa shape index (κ3) is 5.73. The average Bonchev–Trinajstić information content (AvgIpc) is 2.75. The van der Waals surface area contributed by atoms with Crippen LogP contribution in [0.25, 0.3) is 0 Å². The molecule has 0 spiro atoms. The molecule has 1 atom stereocenters. The first-order chi connectivity index (χ1) is 14.1. The monoisotopic (exact) mass is 396 g/mol. The van der Waals surface area contributed by atoms with Crippen molar-refractivity contribution in [1.82, 2.24) is 5.32 Å². The molecule has 0 heterocycles. The lowest BCUT2D eigenvalue weighted by atomic mass is 9.95. The largest absolute Gasteiger partial charge is 0.497 e. The molecular formula is C23H28N2O4. The number of carbonyl (C=O) groups excluding carboxylic acids is 2. The van der Waals surface area contributed by atoms with Crippen molar-refractivity contribution in [3.05, 3.63) is 54.1 Å². The number of nitrogens with one attached hydrogen (secondary N) is 2. The molecule has 0 radical (unpaired) electrons. The van der Waals surface area contributed by atoms with Gasteiger partial charge in [-0.2, -0.15) is 0 Å². The summed E-state index contributed by atoms with van der Waals surface area (Å²) in [5.74, 6) is 0.805. The van der Waals surface area contributed by atoms with E-state index in [2.05, 4.69) is 10.6 Å². The molecular weight excluding hydrogens is 368 g/mol. The summed E-state index contributed by atoms with van der Waals surface area (Å²) in [5, 5.41) is 5.92. The van der Waals surface area contributed by atoms with Crippen LogP contribution in [0.2, 0.25) is 0 Å². The summed E-state index contributed by atoms with van der Waals surface area (Å²) in [6.07, 6.45) is 4.80. The van der Waals surface area contributed by atoms with Gasteiger partial charge in [-0.1, -0.05) is 31.4 Å². The summed E-state index contributed by atoms with van der Waals surface area (Å²) in [7, 11) is 1.59. The third-order valence-electron chi connectivity index (χ3n) is 5.11. The van der Waals surface area contributed by atoms with Gasteiger partial charge in [0.1, 0.15) is 11.5 Å². The number of hydrogen-bond donors (Lipinski definition) is 2. The zero-order valence-electron chi connectivity index (χ0n) is 16.9. The Morgan fingerprint density at radius 2 is 1.62 bits per heavy atom. The van der Waals surface area contributed by atoms with E-state index in [1.165, 1.54) is 6.42 Å². The summed E-state index contributed by atoms with van der Waals surface area (Å²) in [5.41, 5.74) is 0.944. The highest BCUT2D eigenvalue weighted by atomic mass is 16.5. The van der Waals surface area contributed by atoms with Crippen molar-refractivity contribution in [3.8, 4) is 11.5 Å². The van der Waals surface area contributed by atoms with Gasteiger partial charge in [-0.3, -0.25) is 9.59 Å². The molecule has 2 amide bonds. The number of amides is 2. The molecule has 1 aliphatic carbocycles. The van der Waals surface area contributed by atoms with Gasteiger partial charge in [0, 0.05) is 6.04 Å². The zero-order chi connectivity index (χ0) is 20.6. The van der Waals surface area contributed by atoms with Gasteiger partial charge in [-0.05, 0) is 56.2 Å². The Balaban J connectivity index is 1.62. The molecule has 0 saturated heterocycles.